The number of unbranched alkanes of at least 4 members (excludes halogenated alkanes) is 4. The van der Waals surface area contributed by atoms with Gasteiger partial charge in [-0.25, -0.2) is 15.0 Å². The number of rotatable bonds is 10. The number of halogens is 6. The van der Waals surface area contributed by atoms with Crippen molar-refractivity contribution in [3.05, 3.63) is 17.5 Å². The number of hydrogen-bond acceptors (Lipinski definition) is 4. The van der Waals surface area contributed by atoms with E-state index in [0.29, 0.717) is 18.8 Å². The predicted octanol–water partition coefficient (Wildman–Crippen LogP) is 6.18. The van der Waals surface area contributed by atoms with E-state index in [2.05, 4.69) is 20.3 Å². The predicted molar refractivity (Wildman–Crippen MR) is 118 cm³/mol. The van der Waals surface area contributed by atoms with Gasteiger partial charge in [0.2, 0.25) is 13.5 Å². The molecule has 1 amide bonds. The number of hydrogen-bond donors (Lipinski definition) is 1. The minimum absolute atomic E-state index is 0.0653. The van der Waals surface area contributed by atoms with E-state index in [1.807, 2.05) is 13.8 Å². The summed E-state index contributed by atoms with van der Waals surface area (Å²) in [7, 11) is 0. The van der Waals surface area contributed by atoms with Crippen molar-refractivity contribution in [1.29, 1.82) is 0 Å². The first-order chi connectivity index (χ1) is 12.9. The molecule has 1 N–H and O–H groups in total. The molecular weight excluding hydrogens is 489 g/mol. The molecule has 0 aromatic carbocycles. The van der Waals surface area contributed by atoms with Crippen molar-refractivity contribution in [2.45, 2.75) is 66.4 Å². The van der Waals surface area contributed by atoms with Gasteiger partial charge >= 0.3 is 0 Å². The Morgan fingerprint density at radius 1 is 0.893 bits per heavy atom. The number of carbonyl (C=O) groups excluding carboxylic acids is 1. The fourth-order valence-corrected chi connectivity index (χ4v) is 2.80. The lowest BCUT2D eigenvalue weighted by Crippen LogP contribution is -2.29. The van der Waals surface area contributed by atoms with E-state index in [0.717, 1.165) is 38.5 Å². The van der Waals surface area contributed by atoms with Crippen LogP contribution in [0.15, 0.2) is 0 Å². The van der Waals surface area contributed by atoms with Crippen LogP contribution < -0.4 is 5.32 Å². The van der Waals surface area contributed by atoms with Gasteiger partial charge in [-0.15, -0.1) is 0 Å². The van der Waals surface area contributed by atoms with Gasteiger partial charge < -0.3 is 5.32 Å². The summed E-state index contributed by atoms with van der Waals surface area (Å²) >= 11 is 35.1. The third kappa shape index (κ3) is 9.82. The van der Waals surface area contributed by atoms with Crippen molar-refractivity contribution < 1.29 is 4.79 Å². The van der Waals surface area contributed by atoms with Gasteiger partial charge in [-0.2, -0.15) is 0 Å². The maximum atomic E-state index is 11.7. The van der Waals surface area contributed by atoms with Gasteiger partial charge in [-0.3, -0.25) is 4.79 Å². The second-order valence-corrected chi connectivity index (χ2v) is 11.1. The lowest BCUT2D eigenvalue weighted by molar-refractivity contribution is -0.124. The standard InChI is InChI=1S/C17H24Cl6N4O/c1-3-11(2)13(28)24-10-8-6-4-5-7-9-12-25-14(16(18,19)20)27-15(26-12)17(21,22)23/h11H,3-10H2,1-2H3,(H,24,28). The first-order valence-electron chi connectivity index (χ1n) is 9.12. The number of amides is 1. The monoisotopic (exact) mass is 510 g/mol. The molecule has 0 bridgehead atoms. The molecule has 0 spiro atoms. The average molecular weight is 513 g/mol. The summed E-state index contributed by atoms with van der Waals surface area (Å²) in [5, 5.41) is 2.95. The molecule has 0 saturated carbocycles. The lowest BCUT2D eigenvalue weighted by Gasteiger charge is -2.15. The zero-order chi connectivity index (χ0) is 21.4. The van der Waals surface area contributed by atoms with Crippen LogP contribution in [-0.2, 0) is 18.8 Å². The Morgan fingerprint density at radius 2 is 1.39 bits per heavy atom. The van der Waals surface area contributed by atoms with Gasteiger partial charge in [0.15, 0.2) is 11.6 Å². The molecule has 1 rings (SSSR count). The van der Waals surface area contributed by atoms with E-state index in [9.17, 15) is 4.79 Å². The zero-order valence-electron chi connectivity index (χ0n) is 15.8. The van der Waals surface area contributed by atoms with Crippen LogP contribution >= 0.6 is 69.6 Å². The Bertz CT molecular complexity index is 601. The van der Waals surface area contributed by atoms with Gasteiger partial charge in [0, 0.05) is 18.9 Å². The van der Waals surface area contributed by atoms with Gasteiger partial charge in [-0.05, 0) is 19.3 Å². The summed E-state index contributed by atoms with van der Waals surface area (Å²) in [5.41, 5.74) is 0. The van der Waals surface area contributed by atoms with Crippen LogP contribution in [0.2, 0.25) is 0 Å². The first kappa shape index (κ1) is 26.3. The Morgan fingerprint density at radius 3 is 1.89 bits per heavy atom. The highest BCUT2D eigenvalue weighted by atomic mass is 35.6. The summed E-state index contributed by atoms with van der Waals surface area (Å²) in [6.45, 7) is 4.64. The maximum Gasteiger partial charge on any atom is 0.250 e. The van der Waals surface area contributed by atoms with Crippen LogP contribution in [-0.4, -0.2) is 27.4 Å². The number of nitrogens with zero attached hydrogens (tertiary/aromatic N) is 3. The molecule has 0 saturated heterocycles. The summed E-state index contributed by atoms with van der Waals surface area (Å²) < 4.78 is -3.66. The Hall–Kier alpha value is 0.220. The van der Waals surface area contributed by atoms with Gasteiger partial charge in [0.25, 0.3) is 0 Å². The van der Waals surface area contributed by atoms with E-state index in [1.54, 1.807) is 0 Å². The molecule has 0 radical (unpaired) electrons. The Balaban J connectivity index is 2.42. The van der Waals surface area contributed by atoms with E-state index in [4.69, 9.17) is 69.6 Å². The summed E-state index contributed by atoms with van der Waals surface area (Å²) in [4.78, 5) is 23.9. The number of aromatic nitrogens is 3. The molecule has 1 heterocycles. The van der Waals surface area contributed by atoms with E-state index >= 15 is 0 Å². The van der Waals surface area contributed by atoms with E-state index < -0.39 is 7.59 Å². The molecule has 1 aromatic rings. The second kappa shape index (κ2) is 12.2. The summed E-state index contributed by atoms with van der Waals surface area (Å²) in [6, 6.07) is 0. The number of alkyl halides is 6. The van der Waals surface area contributed by atoms with Crippen LogP contribution in [0.25, 0.3) is 0 Å². The molecular formula is C17H24Cl6N4O. The molecule has 1 unspecified atom stereocenters. The van der Waals surface area contributed by atoms with Crippen LogP contribution in [0.4, 0.5) is 0 Å². The van der Waals surface area contributed by atoms with Gasteiger partial charge in [0.1, 0.15) is 5.82 Å². The van der Waals surface area contributed by atoms with E-state index in [1.165, 1.54) is 0 Å². The molecule has 1 aromatic heterocycles. The van der Waals surface area contributed by atoms with Crippen LogP contribution in [0.5, 0.6) is 0 Å². The third-order valence-electron chi connectivity index (χ3n) is 4.13. The minimum Gasteiger partial charge on any atom is -0.356 e. The Labute approximate surface area is 196 Å². The highest BCUT2D eigenvalue weighted by Gasteiger charge is 2.33. The van der Waals surface area contributed by atoms with Crippen molar-refractivity contribution in [3.63, 3.8) is 0 Å². The largest absolute Gasteiger partial charge is 0.356 e. The maximum absolute atomic E-state index is 11.7. The molecule has 11 heteroatoms. The molecule has 0 aliphatic rings. The van der Waals surface area contributed by atoms with Crippen molar-refractivity contribution in [3.8, 4) is 0 Å². The summed E-state index contributed by atoms with van der Waals surface area (Å²) in [5.74, 6) is 0.461. The number of nitrogens with one attached hydrogen (secondary N) is 1. The van der Waals surface area contributed by atoms with Gasteiger partial charge in [0.05, 0.1) is 0 Å². The molecule has 5 nitrogen and oxygen atoms in total. The zero-order valence-corrected chi connectivity index (χ0v) is 20.3. The number of aryl methyl sites for hydroxylation is 1. The molecule has 0 aliphatic carbocycles. The summed E-state index contributed by atoms with van der Waals surface area (Å²) in [6.07, 6.45) is 6.20. The lowest BCUT2D eigenvalue weighted by atomic mass is 10.1. The molecule has 0 aliphatic heterocycles. The molecule has 1 atom stereocenters. The van der Waals surface area contributed by atoms with Crippen molar-refractivity contribution in [2.24, 2.45) is 5.92 Å². The molecule has 160 valence electrons. The van der Waals surface area contributed by atoms with Crippen LogP contribution in [0.1, 0.15) is 69.8 Å². The topological polar surface area (TPSA) is 67.8 Å². The third-order valence-corrected chi connectivity index (χ3v) is 5.14. The van der Waals surface area contributed by atoms with Crippen molar-refractivity contribution in [2.75, 3.05) is 6.54 Å². The van der Waals surface area contributed by atoms with E-state index in [-0.39, 0.29) is 23.5 Å². The number of carbonyl (C=O) groups is 1. The normalized spacial score (nSPS) is 13.4. The minimum atomic E-state index is -1.83. The fourth-order valence-electron chi connectivity index (χ4n) is 2.29. The highest BCUT2D eigenvalue weighted by molar-refractivity contribution is 6.67. The first-order valence-corrected chi connectivity index (χ1v) is 11.4. The molecule has 0 fully saturated rings. The smallest absolute Gasteiger partial charge is 0.250 e. The fraction of sp³-hybridized carbons (Fsp3) is 0.765. The highest BCUT2D eigenvalue weighted by Crippen LogP contribution is 2.39. The molecule has 28 heavy (non-hydrogen) atoms. The van der Waals surface area contributed by atoms with Gasteiger partial charge in [-0.1, -0.05) is 103 Å². The van der Waals surface area contributed by atoms with Crippen LogP contribution in [0, 0.1) is 5.92 Å². The Kier molecular flexibility index (Phi) is 11.4. The van der Waals surface area contributed by atoms with Crippen molar-refractivity contribution in [1.82, 2.24) is 20.3 Å². The quantitative estimate of drug-likeness (QED) is 0.300. The van der Waals surface area contributed by atoms with Crippen molar-refractivity contribution >= 4 is 75.5 Å². The average Bonchev–Trinajstić information content (AvgIpc) is 2.61. The SMILES string of the molecule is CCC(C)C(=O)NCCCCCCCc1nc(C(Cl)(Cl)Cl)nc(C(Cl)(Cl)Cl)n1. The second-order valence-electron chi connectivity index (χ2n) is 6.51. The van der Waals surface area contributed by atoms with Crippen LogP contribution in [0.3, 0.4) is 0 Å².